The van der Waals surface area contributed by atoms with Gasteiger partial charge in [-0.3, -0.25) is 14.8 Å². The van der Waals surface area contributed by atoms with Crippen LogP contribution in [-0.4, -0.2) is 35.2 Å². The molecule has 0 saturated carbocycles. The van der Waals surface area contributed by atoms with Crippen LogP contribution in [0, 0.1) is 0 Å². The van der Waals surface area contributed by atoms with Gasteiger partial charge in [0.05, 0.1) is 22.6 Å². The summed E-state index contributed by atoms with van der Waals surface area (Å²) < 4.78 is 15.7. The minimum absolute atomic E-state index is 0.190. The van der Waals surface area contributed by atoms with Crippen LogP contribution in [0.25, 0.3) is 11.0 Å². The number of fused-ring (bicyclic) bond motifs is 2. The Bertz CT molecular complexity index is 1050. The fourth-order valence-corrected chi connectivity index (χ4v) is 2.85. The van der Waals surface area contributed by atoms with Gasteiger partial charge in [0.15, 0.2) is 18.1 Å². The van der Waals surface area contributed by atoms with Gasteiger partial charge in [-0.25, -0.2) is 4.79 Å². The van der Waals surface area contributed by atoms with Crippen molar-refractivity contribution in [2.75, 3.05) is 13.4 Å². The predicted octanol–water partition coefficient (Wildman–Crippen LogP) is 2.39. The molecule has 1 N–H and O–H groups in total. The zero-order valence-corrected chi connectivity index (χ0v) is 15.0. The summed E-state index contributed by atoms with van der Waals surface area (Å²) in [5, 5.41) is 2.79. The van der Waals surface area contributed by atoms with E-state index in [1.54, 1.807) is 36.7 Å². The second-order valence-corrected chi connectivity index (χ2v) is 6.24. The molecule has 28 heavy (non-hydrogen) atoms. The Balaban J connectivity index is 1.33. The number of ether oxygens (including phenoxy) is 3. The highest BCUT2D eigenvalue weighted by Crippen LogP contribution is 2.34. The number of benzene rings is 2. The number of rotatable bonds is 5. The molecule has 1 atom stereocenters. The Morgan fingerprint density at radius 2 is 1.86 bits per heavy atom. The summed E-state index contributed by atoms with van der Waals surface area (Å²) in [4.78, 5) is 32.6. The van der Waals surface area contributed by atoms with Crippen molar-refractivity contribution in [1.29, 1.82) is 0 Å². The van der Waals surface area contributed by atoms with Crippen LogP contribution in [0.4, 0.5) is 0 Å². The monoisotopic (exact) mass is 379 g/mol. The lowest BCUT2D eigenvalue weighted by molar-refractivity contribution is -0.124. The largest absolute Gasteiger partial charge is 0.454 e. The van der Waals surface area contributed by atoms with Gasteiger partial charge in [0, 0.05) is 12.4 Å². The van der Waals surface area contributed by atoms with Crippen molar-refractivity contribution in [2.45, 2.75) is 13.0 Å². The van der Waals surface area contributed by atoms with Crippen molar-refractivity contribution in [3.8, 4) is 11.5 Å². The lowest BCUT2D eigenvalue weighted by Gasteiger charge is -2.15. The Labute approximate surface area is 160 Å². The van der Waals surface area contributed by atoms with Crippen LogP contribution >= 0.6 is 0 Å². The molecular formula is C20H17N3O5. The molecule has 0 unspecified atom stereocenters. The van der Waals surface area contributed by atoms with E-state index in [-0.39, 0.29) is 19.4 Å². The van der Waals surface area contributed by atoms with E-state index in [1.807, 2.05) is 19.1 Å². The topological polar surface area (TPSA) is 99.6 Å². The molecule has 1 aromatic heterocycles. The van der Waals surface area contributed by atoms with Gasteiger partial charge in [-0.2, -0.15) is 0 Å². The second-order valence-electron chi connectivity index (χ2n) is 6.24. The first-order chi connectivity index (χ1) is 13.6. The molecule has 4 rings (SSSR count). The molecular weight excluding hydrogens is 362 g/mol. The maximum Gasteiger partial charge on any atom is 0.338 e. The number of hydrogen-bond donors (Lipinski definition) is 1. The molecule has 0 fully saturated rings. The van der Waals surface area contributed by atoms with E-state index in [0.29, 0.717) is 28.1 Å². The van der Waals surface area contributed by atoms with Gasteiger partial charge in [0.2, 0.25) is 6.79 Å². The summed E-state index contributed by atoms with van der Waals surface area (Å²) in [6, 6.07) is 10.0. The molecule has 3 aromatic rings. The number of esters is 1. The lowest BCUT2D eigenvalue weighted by atomic mass is 10.1. The molecule has 1 amide bonds. The molecule has 142 valence electrons. The van der Waals surface area contributed by atoms with E-state index in [1.165, 1.54) is 0 Å². The normalized spacial score (nSPS) is 13.2. The summed E-state index contributed by atoms with van der Waals surface area (Å²) in [5.41, 5.74) is 2.42. The van der Waals surface area contributed by atoms with E-state index in [0.717, 1.165) is 5.56 Å². The third-order valence-corrected chi connectivity index (χ3v) is 4.31. The molecule has 2 aromatic carbocycles. The predicted molar refractivity (Wildman–Crippen MR) is 98.9 cm³/mol. The van der Waals surface area contributed by atoms with Crippen molar-refractivity contribution in [3.05, 3.63) is 59.9 Å². The maximum atomic E-state index is 12.2. The first-order valence-corrected chi connectivity index (χ1v) is 8.67. The molecule has 0 bridgehead atoms. The Morgan fingerprint density at radius 1 is 1.07 bits per heavy atom. The molecule has 0 aliphatic carbocycles. The standard InChI is InChI=1S/C20H17N3O5/c1-12(13-3-5-17-18(9-13)28-11-27-17)23-19(24)10-26-20(25)14-2-4-15-16(8-14)22-7-6-21-15/h2-9,12H,10-11H2,1H3,(H,23,24)/t12-/m0/s1. The molecule has 8 heteroatoms. The summed E-state index contributed by atoms with van der Waals surface area (Å²) in [5.74, 6) is 0.318. The zero-order valence-electron chi connectivity index (χ0n) is 15.0. The Hall–Kier alpha value is -3.68. The molecule has 1 aliphatic heterocycles. The van der Waals surface area contributed by atoms with E-state index >= 15 is 0 Å². The van der Waals surface area contributed by atoms with Crippen molar-refractivity contribution in [1.82, 2.24) is 15.3 Å². The van der Waals surface area contributed by atoms with E-state index in [2.05, 4.69) is 15.3 Å². The van der Waals surface area contributed by atoms with Crippen LogP contribution in [0.15, 0.2) is 48.8 Å². The highest BCUT2D eigenvalue weighted by molar-refractivity contribution is 5.94. The number of amides is 1. The van der Waals surface area contributed by atoms with E-state index < -0.39 is 11.9 Å². The smallest absolute Gasteiger partial charge is 0.338 e. The third kappa shape index (κ3) is 3.71. The first-order valence-electron chi connectivity index (χ1n) is 8.67. The molecule has 1 aliphatic rings. The highest BCUT2D eigenvalue weighted by Gasteiger charge is 2.18. The third-order valence-electron chi connectivity index (χ3n) is 4.31. The van der Waals surface area contributed by atoms with Crippen molar-refractivity contribution in [3.63, 3.8) is 0 Å². The van der Waals surface area contributed by atoms with Gasteiger partial charge in [-0.05, 0) is 42.8 Å². The fourth-order valence-electron chi connectivity index (χ4n) is 2.85. The second kappa shape index (κ2) is 7.51. The van der Waals surface area contributed by atoms with Crippen molar-refractivity contribution < 1.29 is 23.8 Å². The van der Waals surface area contributed by atoms with Gasteiger partial charge in [-0.1, -0.05) is 6.07 Å². The number of aromatic nitrogens is 2. The summed E-state index contributed by atoms with van der Waals surface area (Å²) in [6.45, 7) is 1.64. The van der Waals surface area contributed by atoms with Gasteiger partial charge < -0.3 is 19.5 Å². The minimum Gasteiger partial charge on any atom is -0.454 e. The van der Waals surface area contributed by atoms with Gasteiger partial charge >= 0.3 is 5.97 Å². The molecule has 8 nitrogen and oxygen atoms in total. The van der Waals surface area contributed by atoms with Crippen molar-refractivity contribution >= 4 is 22.9 Å². The number of carbonyl (C=O) groups excluding carboxylic acids is 2. The molecule has 0 spiro atoms. The number of carbonyl (C=O) groups is 2. The van der Waals surface area contributed by atoms with Gasteiger partial charge in [0.25, 0.3) is 5.91 Å². The van der Waals surface area contributed by atoms with Crippen LogP contribution in [-0.2, 0) is 9.53 Å². The quantitative estimate of drug-likeness (QED) is 0.680. The Morgan fingerprint density at radius 3 is 2.71 bits per heavy atom. The first kappa shape index (κ1) is 17.7. The van der Waals surface area contributed by atoms with Crippen LogP contribution in [0.2, 0.25) is 0 Å². The van der Waals surface area contributed by atoms with Gasteiger partial charge in [-0.15, -0.1) is 0 Å². The van der Waals surface area contributed by atoms with Crippen LogP contribution in [0.3, 0.4) is 0 Å². The van der Waals surface area contributed by atoms with Gasteiger partial charge in [0.1, 0.15) is 0 Å². The average molecular weight is 379 g/mol. The molecule has 0 saturated heterocycles. The molecule has 2 heterocycles. The van der Waals surface area contributed by atoms with Crippen LogP contribution in [0.5, 0.6) is 11.5 Å². The van der Waals surface area contributed by atoms with E-state index in [4.69, 9.17) is 14.2 Å². The van der Waals surface area contributed by atoms with Crippen LogP contribution < -0.4 is 14.8 Å². The molecule has 0 radical (unpaired) electrons. The van der Waals surface area contributed by atoms with Crippen LogP contribution in [0.1, 0.15) is 28.9 Å². The average Bonchev–Trinajstić information content (AvgIpc) is 3.19. The summed E-state index contributed by atoms with van der Waals surface area (Å²) in [7, 11) is 0. The fraction of sp³-hybridized carbons (Fsp3) is 0.200. The minimum atomic E-state index is -0.599. The number of nitrogens with one attached hydrogen (secondary N) is 1. The summed E-state index contributed by atoms with van der Waals surface area (Å²) in [6.07, 6.45) is 3.12. The summed E-state index contributed by atoms with van der Waals surface area (Å²) >= 11 is 0. The van der Waals surface area contributed by atoms with E-state index in [9.17, 15) is 9.59 Å². The zero-order chi connectivity index (χ0) is 19.5. The lowest BCUT2D eigenvalue weighted by Crippen LogP contribution is -2.31. The Kier molecular flexibility index (Phi) is 4.76. The number of nitrogens with zero attached hydrogens (tertiary/aromatic N) is 2. The maximum absolute atomic E-state index is 12.2. The number of hydrogen-bond acceptors (Lipinski definition) is 7. The van der Waals surface area contributed by atoms with Crippen molar-refractivity contribution in [2.24, 2.45) is 0 Å². The SMILES string of the molecule is C[C@H](NC(=O)COC(=O)c1ccc2nccnc2c1)c1ccc2c(c1)OCO2. The highest BCUT2D eigenvalue weighted by atomic mass is 16.7.